The van der Waals surface area contributed by atoms with Crippen LogP contribution >= 0.6 is 15.9 Å². The molecule has 1 heterocycles. The third-order valence-electron chi connectivity index (χ3n) is 2.65. The van der Waals surface area contributed by atoms with Gasteiger partial charge < -0.3 is 10.2 Å². The van der Waals surface area contributed by atoms with Crippen molar-refractivity contribution in [2.75, 3.05) is 6.61 Å². The fraction of sp³-hybridized carbons (Fsp3) is 0.417. The fourth-order valence-corrected chi connectivity index (χ4v) is 2.49. The molecule has 2 N–H and O–H groups in total. The largest absolute Gasteiger partial charge is 0.394 e. The second-order valence-electron chi connectivity index (χ2n) is 4.64. The van der Waals surface area contributed by atoms with Crippen LogP contribution in [0.25, 0.3) is 10.9 Å². The zero-order chi connectivity index (χ0) is 13.5. The van der Waals surface area contributed by atoms with Gasteiger partial charge in [0, 0.05) is 9.86 Å². The summed E-state index contributed by atoms with van der Waals surface area (Å²) in [6.07, 6.45) is 0. The summed E-state index contributed by atoms with van der Waals surface area (Å²) in [5, 5.41) is 23.9. The lowest BCUT2D eigenvalue weighted by atomic mass is 10.0. The van der Waals surface area contributed by atoms with Crippen molar-refractivity contribution in [3.63, 3.8) is 0 Å². The van der Waals surface area contributed by atoms with Crippen LogP contribution in [-0.4, -0.2) is 26.6 Å². The van der Waals surface area contributed by atoms with Gasteiger partial charge >= 0.3 is 0 Å². The highest BCUT2D eigenvalue weighted by atomic mass is 79.9. The third-order valence-corrected chi connectivity index (χ3v) is 3.11. The summed E-state index contributed by atoms with van der Waals surface area (Å²) < 4.78 is 15.8. The van der Waals surface area contributed by atoms with Gasteiger partial charge in [-0.1, -0.05) is 15.9 Å². The van der Waals surface area contributed by atoms with E-state index in [2.05, 4.69) is 21.0 Å². The average Bonchev–Trinajstić information content (AvgIpc) is 2.56. The second kappa shape index (κ2) is 4.60. The minimum Gasteiger partial charge on any atom is -0.394 e. The van der Waals surface area contributed by atoms with E-state index in [1.165, 1.54) is 10.7 Å². The number of aliphatic hydroxyl groups excluding tert-OH is 1. The molecular weight excluding hydrogens is 303 g/mol. The minimum atomic E-state index is -1.17. The molecule has 0 aliphatic rings. The van der Waals surface area contributed by atoms with E-state index in [0.29, 0.717) is 15.6 Å². The summed E-state index contributed by atoms with van der Waals surface area (Å²) in [5.41, 5.74) is -0.479. The number of nitrogens with zero attached hydrogens (tertiary/aromatic N) is 2. The van der Waals surface area contributed by atoms with Gasteiger partial charge in [0.25, 0.3) is 0 Å². The number of benzene rings is 1. The van der Waals surface area contributed by atoms with E-state index in [9.17, 15) is 9.50 Å². The molecule has 6 heteroatoms. The van der Waals surface area contributed by atoms with Crippen LogP contribution in [0.5, 0.6) is 0 Å². The van der Waals surface area contributed by atoms with Gasteiger partial charge in [0.15, 0.2) is 5.82 Å². The van der Waals surface area contributed by atoms with Crippen LogP contribution in [0.4, 0.5) is 4.39 Å². The lowest BCUT2D eigenvalue weighted by Gasteiger charge is -2.19. The first-order valence-corrected chi connectivity index (χ1v) is 6.33. The molecular formula is C12H14BrFN2O2. The van der Waals surface area contributed by atoms with Crippen LogP contribution < -0.4 is 0 Å². The predicted octanol–water partition coefficient (Wildman–Crippen LogP) is 2.16. The second-order valence-corrected chi connectivity index (χ2v) is 5.55. The average molecular weight is 317 g/mol. The van der Waals surface area contributed by atoms with Crippen molar-refractivity contribution in [1.29, 1.82) is 0 Å². The van der Waals surface area contributed by atoms with E-state index in [1.54, 1.807) is 19.9 Å². The summed E-state index contributed by atoms with van der Waals surface area (Å²) in [6, 6.07) is 3.04. The monoisotopic (exact) mass is 316 g/mol. The van der Waals surface area contributed by atoms with Crippen LogP contribution in [0.2, 0.25) is 0 Å². The molecule has 0 spiro atoms. The van der Waals surface area contributed by atoms with E-state index in [4.69, 9.17) is 5.11 Å². The summed E-state index contributed by atoms with van der Waals surface area (Å²) >= 11 is 3.22. The van der Waals surface area contributed by atoms with E-state index in [1.807, 2.05) is 0 Å². The Balaban J connectivity index is 2.81. The van der Waals surface area contributed by atoms with E-state index in [-0.39, 0.29) is 18.7 Å². The maximum absolute atomic E-state index is 13.8. The van der Waals surface area contributed by atoms with Crippen molar-refractivity contribution in [1.82, 2.24) is 9.78 Å². The highest BCUT2D eigenvalue weighted by Crippen LogP contribution is 2.32. The fourth-order valence-electron chi connectivity index (χ4n) is 2.06. The van der Waals surface area contributed by atoms with Crippen LogP contribution in [0, 0.1) is 5.82 Å². The zero-order valence-corrected chi connectivity index (χ0v) is 11.7. The molecule has 2 aromatic rings. The summed E-state index contributed by atoms with van der Waals surface area (Å²) in [4.78, 5) is 0. The summed E-state index contributed by atoms with van der Waals surface area (Å²) in [6.45, 7) is 3.30. The molecule has 0 aliphatic heterocycles. The lowest BCUT2D eigenvalue weighted by Crippen LogP contribution is -2.22. The molecule has 0 atom stereocenters. The Morgan fingerprint density at radius 2 is 2.11 bits per heavy atom. The maximum atomic E-state index is 13.8. The van der Waals surface area contributed by atoms with Gasteiger partial charge in [0.2, 0.25) is 0 Å². The normalized spacial score (nSPS) is 12.3. The zero-order valence-electron chi connectivity index (χ0n) is 10.1. The van der Waals surface area contributed by atoms with E-state index < -0.39 is 11.4 Å². The molecule has 0 amide bonds. The first-order valence-electron chi connectivity index (χ1n) is 5.54. The Labute approximate surface area is 112 Å². The molecule has 0 bridgehead atoms. The number of aliphatic hydroxyl groups is 2. The van der Waals surface area contributed by atoms with Crippen molar-refractivity contribution in [2.45, 2.75) is 26.0 Å². The molecule has 0 saturated heterocycles. The molecule has 0 fully saturated rings. The number of halogens is 2. The highest BCUT2D eigenvalue weighted by Gasteiger charge is 2.26. The van der Waals surface area contributed by atoms with Gasteiger partial charge in [-0.2, -0.15) is 5.10 Å². The molecule has 18 heavy (non-hydrogen) atoms. The van der Waals surface area contributed by atoms with Gasteiger partial charge in [0.1, 0.15) is 11.1 Å². The summed E-state index contributed by atoms with van der Waals surface area (Å²) in [5.74, 6) is -0.457. The number of hydrogen-bond acceptors (Lipinski definition) is 3. The molecule has 2 rings (SSSR count). The first-order chi connectivity index (χ1) is 8.34. The van der Waals surface area contributed by atoms with Crippen LogP contribution in [0.3, 0.4) is 0 Å². The molecule has 0 saturated carbocycles. The number of aromatic nitrogens is 2. The van der Waals surface area contributed by atoms with Gasteiger partial charge in [-0.3, -0.25) is 4.68 Å². The maximum Gasteiger partial charge on any atom is 0.152 e. The van der Waals surface area contributed by atoms with Crippen molar-refractivity contribution < 1.29 is 14.6 Å². The number of rotatable bonds is 3. The van der Waals surface area contributed by atoms with Crippen LogP contribution in [-0.2, 0) is 12.1 Å². The predicted molar refractivity (Wildman–Crippen MR) is 69.7 cm³/mol. The number of fused-ring (bicyclic) bond motifs is 1. The third kappa shape index (κ3) is 2.28. The van der Waals surface area contributed by atoms with Gasteiger partial charge in [-0.15, -0.1) is 0 Å². The smallest absolute Gasteiger partial charge is 0.152 e. The molecule has 98 valence electrons. The van der Waals surface area contributed by atoms with E-state index in [0.717, 1.165) is 0 Å². The Morgan fingerprint density at radius 1 is 1.44 bits per heavy atom. The molecule has 0 unspecified atom stereocenters. The molecule has 1 aromatic heterocycles. The Hall–Kier alpha value is -0.980. The molecule has 1 aromatic carbocycles. The van der Waals surface area contributed by atoms with Gasteiger partial charge in [-0.25, -0.2) is 4.39 Å². The Morgan fingerprint density at radius 3 is 2.67 bits per heavy atom. The van der Waals surface area contributed by atoms with Crippen molar-refractivity contribution >= 4 is 26.8 Å². The quantitative estimate of drug-likeness (QED) is 0.912. The van der Waals surface area contributed by atoms with Crippen LogP contribution in [0.1, 0.15) is 19.5 Å². The lowest BCUT2D eigenvalue weighted by molar-refractivity contribution is 0.0686. The van der Waals surface area contributed by atoms with Crippen molar-refractivity contribution in [2.24, 2.45) is 0 Å². The molecule has 4 nitrogen and oxygen atoms in total. The topological polar surface area (TPSA) is 58.3 Å². The summed E-state index contributed by atoms with van der Waals surface area (Å²) in [7, 11) is 0. The van der Waals surface area contributed by atoms with Crippen molar-refractivity contribution in [3.8, 4) is 0 Å². The highest BCUT2D eigenvalue weighted by molar-refractivity contribution is 9.10. The minimum absolute atomic E-state index is 0.125. The molecule has 0 aliphatic carbocycles. The standard InChI is InChI=1S/C12H14BrFN2O2/c1-12(2,18)11-8-5-7(13)6-9(14)10(8)15-16(11)3-4-17/h5-6,17-18H,3-4H2,1-2H3. The number of hydrogen-bond donors (Lipinski definition) is 2. The Bertz CT molecular complexity index is 590. The first kappa shape index (κ1) is 13.5. The van der Waals surface area contributed by atoms with Gasteiger partial charge in [0.05, 0.1) is 18.8 Å². The van der Waals surface area contributed by atoms with Crippen LogP contribution in [0.15, 0.2) is 16.6 Å². The Kier molecular flexibility index (Phi) is 3.44. The van der Waals surface area contributed by atoms with E-state index >= 15 is 0 Å². The van der Waals surface area contributed by atoms with Crippen molar-refractivity contribution in [3.05, 3.63) is 28.1 Å². The van der Waals surface area contributed by atoms with Gasteiger partial charge in [-0.05, 0) is 26.0 Å². The molecule has 0 radical (unpaired) electrons. The SMILES string of the molecule is CC(C)(O)c1c2cc(Br)cc(F)c2nn1CCO.